The number of phenolic OH excluding ortho intramolecular Hbond substituents is 1. The summed E-state index contributed by atoms with van der Waals surface area (Å²) >= 11 is 0. The van der Waals surface area contributed by atoms with E-state index in [0.29, 0.717) is 16.7 Å². The van der Waals surface area contributed by atoms with Gasteiger partial charge in [0.2, 0.25) is 0 Å². The highest BCUT2D eigenvalue weighted by atomic mass is 16.3. The van der Waals surface area contributed by atoms with Crippen LogP contribution in [0.5, 0.6) is 5.75 Å². The zero-order valence-electron chi connectivity index (χ0n) is 13.7. The first-order chi connectivity index (χ1) is 12.1. The lowest BCUT2D eigenvalue weighted by atomic mass is 10.1. The van der Waals surface area contributed by atoms with Crippen LogP contribution < -0.4 is 5.56 Å². The Morgan fingerprint density at radius 3 is 2.28 bits per heavy atom. The fourth-order valence-electron chi connectivity index (χ4n) is 2.87. The second-order valence-corrected chi connectivity index (χ2v) is 5.98. The number of phenols is 1. The van der Waals surface area contributed by atoms with E-state index in [0.717, 1.165) is 16.8 Å². The fourth-order valence-corrected chi connectivity index (χ4v) is 2.87. The average Bonchev–Trinajstić information content (AvgIpc) is 2.63. The van der Waals surface area contributed by atoms with Crippen LogP contribution in [0.2, 0.25) is 0 Å². The predicted molar refractivity (Wildman–Crippen MR) is 99.2 cm³/mol. The minimum Gasteiger partial charge on any atom is -0.508 e. The van der Waals surface area contributed by atoms with E-state index in [1.165, 1.54) is 0 Å². The van der Waals surface area contributed by atoms with Gasteiger partial charge in [0.1, 0.15) is 11.6 Å². The molecule has 0 aliphatic rings. The lowest BCUT2D eigenvalue weighted by Gasteiger charge is -2.14. The number of benzene rings is 3. The first-order valence-electron chi connectivity index (χ1n) is 8.02. The summed E-state index contributed by atoms with van der Waals surface area (Å²) in [6, 6.07) is 21.8. The van der Waals surface area contributed by atoms with Gasteiger partial charge in [0.15, 0.2) is 0 Å². The molecule has 0 aliphatic carbocycles. The van der Waals surface area contributed by atoms with Crippen molar-refractivity contribution in [1.82, 2.24) is 9.55 Å². The molecule has 1 aromatic heterocycles. The van der Waals surface area contributed by atoms with Crippen LogP contribution in [0.25, 0.3) is 28.0 Å². The van der Waals surface area contributed by atoms with Gasteiger partial charge in [0.05, 0.1) is 16.6 Å². The van der Waals surface area contributed by atoms with Crippen LogP contribution in [0.4, 0.5) is 0 Å². The minimum atomic E-state index is -0.113. The highest BCUT2D eigenvalue weighted by Gasteiger charge is 2.14. The molecule has 0 bridgehead atoms. The molecule has 0 saturated heterocycles. The molecule has 0 radical (unpaired) electrons. The zero-order valence-corrected chi connectivity index (χ0v) is 13.7. The van der Waals surface area contributed by atoms with Crippen molar-refractivity contribution in [2.24, 2.45) is 0 Å². The Balaban J connectivity index is 2.09. The molecular formula is C21H16N2O2. The molecule has 25 heavy (non-hydrogen) atoms. The summed E-state index contributed by atoms with van der Waals surface area (Å²) in [6.07, 6.45) is 0. The van der Waals surface area contributed by atoms with E-state index in [1.54, 1.807) is 34.9 Å². The van der Waals surface area contributed by atoms with Crippen molar-refractivity contribution >= 4 is 10.9 Å². The first-order valence-corrected chi connectivity index (χ1v) is 8.02. The number of para-hydroxylation sites is 1. The molecule has 3 aromatic carbocycles. The molecule has 0 saturated carbocycles. The Kier molecular flexibility index (Phi) is 3.58. The number of hydrogen-bond donors (Lipinski definition) is 1. The summed E-state index contributed by atoms with van der Waals surface area (Å²) in [5.74, 6) is 0.723. The summed E-state index contributed by atoms with van der Waals surface area (Å²) in [7, 11) is 0. The van der Waals surface area contributed by atoms with Gasteiger partial charge in [-0.2, -0.15) is 0 Å². The summed E-state index contributed by atoms with van der Waals surface area (Å²) in [5.41, 5.74) is 3.19. The van der Waals surface area contributed by atoms with E-state index in [4.69, 9.17) is 4.98 Å². The van der Waals surface area contributed by atoms with Gasteiger partial charge in [0.25, 0.3) is 5.56 Å². The topological polar surface area (TPSA) is 55.1 Å². The molecule has 4 aromatic rings. The van der Waals surface area contributed by atoms with Crippen molar-refractivity contribution in [2.75, 3.05) is 0 Å². The van der Waals surface area contributed by atoms with Gasteiger partial charge in [-0.15, -0.1) is 0 Å². The smallest absolute Gasteiger partial charge is 0.266 e. The monoisotopic (exact) mass is 328 g/mol. The van der Waals surface area contributed by atoms with Crippen LogP contribution in [0, 0.1) is 6.92 Å². The number of fused-ring (bicyclic) bond motifs is 1. The lowest BCUT2D eigenvalue weighted by Crippen LogP contribution is -2.21. The minimum absolute atomic E-state index is 0.113. The van der Waals surface area contributed by atoms with E-state index >= 15 is 0 Å². The quantitative estimate of drug-likeness (QED) is 0.603. The molecule has 4 heteroatoms. The van der Waals surface area contributed by atoms with Gasteiger partial charge in [-0.1, -0.05) is 29.8 Å². The van der Waals surface area contributed by atoms with E-state index in [2.05, 4.69) is 0 Å². The van der Waals surface area contributed by atoms with Crippen molar-refractivity contribution in [3.05, 3.63) is 88.7 Å². The molecule has 0 spiro atoms. The van der Waals surface area contributed by atoms with Crippen molar-refractivity contribution in [3.63, 3.8) is 0 Å². The molecule has 4 rings (SSSR count). The molecule has 0 aliphatic heterocycles. The van der Waals surface area contributed by atoms with Gasteiger partial charge in [-0.3, -0.25) is 9.36 Å². The van der Waals surface area contributed by atoms with Crippen LogP contribution >= 0.6 is 0 Å². The maximum atomic E-state index is 13.1. The van der Waals surface area contributed by atoms with Crippen LogP contribution in [0.1, 0.15) is 5.56 Å². The maximum Gasteiger partial charge on any atom is 0.266 e. The van der Waals surface area contributed by atoms with Crippen LogP contribution in [-0.2, 0) is 0 Å². The second-order valence-electron chi connectivity index (χ2n) is 5.98. The Labute approximate surface area is 144 Å². The molecule has 122 valence electrons. The van der Waals surface area contributed by atoms with Crippen LogP contribution in [0.3, 0.4) is 0 Å². The molecule has 0 fully saturated rings. The van der Waals surface area contributed by atoms with Crippen molar-refractivity contribution < 1.29 is 5.11 Å². The maximum absolute atomic E-state index is 13.1. The number of aryl methyl sites for hydroxylation is 1. The van der Waals surface area contributed by atoms with Crippen molar-refractivity contribution in [1.29, 1.82) is 0 Å². The Morgan fingerprint density at radius 1 is 0.880 bits per heavy atom. The van der Waals surface area contributed by atoms with Crippen molar-refractivity contribution in [3.8, 4) is 22.8 Å². The van der Waals surface area contributed by atoms with Crippen LogP contribution in [-0.4, -0.2) is 14.7 Å². The molecule has 4 nitrogen and oxygen atoms in total. The molecular weight excluding hydrogens is 312 g/mol. The van der Waals surface area contributed by atoms with Gasteiger partial charge in [0, 0.05) is 5.56 Å². The second kappa shape index (κ2) is 5.91. The van der Waals surface area contributed by atoms with Gasteiger partial charge in [-0.25, -0.2) is 4.98 Å². The summed E-state index contributed by atoms with van der Waals surface area (Å²) in [4.78, 5) is 17.9. The number of hydrogen-bond acceptors (Lipinski definition) is 3. The van der Waals surface area contributed by atoms with Gasteiger partial charge in [-0.05, 0) is 55.5 Å². The molecule has 1 N–H and O–H groups in total. The standard InChI is InChI=1S/C21H16N2O2/c1-14-6-10-16(11-7-14)23-20(15-8-12-17(24)13-9-15)22-19-5-3-2-4-18(19)21(23)25/h2-13,24H,1H3. The SMILES string of the molecule is Cc1ccc(-n2c(-c3ccc(O)cc3)nc3ccccc3c2=O)cc1. The third kappa shape index (κ3) is 2.68. The predicted octanol–water partition coefficient (Wildman–Crippen LogP) is 4.07. The zero-order chi connectivity index (χ0) is 17.4. The summed E-state index contributed by atoms with van der Waals surface area (Å²) in [5, 5.41) is 10.1. The Hall–Kier alpha value is -3.40. The number of rotatable bonds is 2. The Bertz CT molecular complexity index is 1110. The largest absolute Gasteiger partial charge is 0.508 e. The first kappa shape index (κ1) is 15.1. The van der Waals surface area contributed by atoms with Gasteiger partial charge < -0.3 is 5.11 Å². The lowest BCUT2D eigenvalue weighted by molar-refractivity contribution is 0.475. The third-order valence-corrected chi connectivity index (χ3v) is 4.19. The number of aromatic nitrogens is 2. The van der Waals surface area contributed by atoms with Crippen LogP contribution in [0.15, 0.2) is 77.6 Å². The average molecular weight is 328 g/mol. The fraction of sp³-hybridized carbons (Fsp3) is 0.0476. The number of aromatic hydroxyl groups is 1. The summed E-state index contributed by atoms with van der Waals surface area (Å²) in [6.45, 7) is 2.01. The molecule has 0 atom stereocenters. The third-order valence-electron chi connectivity index (χ3n) is 4.19. The van der Waals surface area contributed by atoms with E-state index in [-0.39, 0.29) is 11.3 Å². The van der Waals surface area contributed by atoms with Crippen molar-refractivity contribution in [2.45, 2.75) is 6.92 Å². The molecule has 0 unspecified atom stereocenters. The van der Waals surface area contributed by atoms with E-state index in [9.17, 15) is 9.90 Å². The Morgan fingerprint density at radius 2 is 1.56 bits per heavy atom. The normalized spacial score (nSPS) is 10.9. The van der Waals surface area contributed by atoms with Gasteiger partial charge >= 0.3 is 0 Å². The molecule has 0 amide bonds. The highest BCUT2D eigenvalue weighted by Crippen LogP contribution is 2.24. The number of nitrogens with zero attached hydrogens (tertiary/aromatic N) is 2. The highest BCUT2D eigenvalue weighted by molar-refractivity contribution is 5.80. The van der Waals surface area contributed by atoms with E-state index in [1.807, 2.05) is 49.4 Å². The molecule has 1 heterocycles. The van der Waals surface area contributed by atoms with E-state index < -0.39 is 0 Å². The summed E-state index contributed by atoms with van der Waals surface area (Å²) < 4.78 is 1.62.